The van der Waals surface area contributed by atoms with Crippen LogP contribution in [0, 0.1) is 0 Å². The number of aliphatic carboxylic acids is 1. The summed E-state index contributed by atoms with van der Waals surface area (Å²) in [6, 6.07) is 0. The van der Waals surface area contributed by atoms with Gasteiger partial charge in [0.15, 0.2) is 0 Å². The molecule has 0 aliphatic rings. The lowest BCUT2D eigenvalue weighted by molar-refractivity contribution is -0.144. The monoisotopic (exact) mass is 250 g/mol. The summed E-state index contributed by atoms with van der Waals surface area (Å²) in [4.78, 5) is 20.3. The summed E-state index contributed by atoms with van der Waals surface area (Å²) in [5, 5.41) is 7.96. The lowest BCUT2D eigenvalue weighted by Crippen LogP contribution is -2.07. The van der Waals surface area contributed by atoms with Gasteiger partial charge in [-0.15, -0.1) is 0 Å². The molecular formula is C11H22O6. The second-order valence-electron chi connectivity index (χ2n) is 3.10. The quantitative estimate of drug-likeness (QED) is 0.649. The average molecular weight is 250 g/mol. The molecule has 102 valence electrons. The van der Waals surface area contributed by atoms with Gasteiger partial charge in [-0.05, 0) is 6.42 Å². The van der Waals surface area contributed by atoms with E-state index in [4.69, 9.17) is 14.6 Å². The summed E-state index contributed by atoms with van der Waals surface area (Å²) < 4.78 is 13.9. The number of carbonyl (C=O) groups excluding carboxylic acids is 1. The van der Waals surface area contributed by atoms with Gasteiger partial charge in [-0.3, -0.25) is 9.59 Å². The molecule has 0 amide bonds. The lowest BCUT2D eigenvalue weighted by Gasteiger charge is -2.00. The molecule has 0 aromatic heterocycles. The van der Waals surface area contributed by atoms with Gasteiger partial charge in [0.2, 0.25) is 0 Å². The minimum absolute atomic E-state index is 0.0938. The minimum Gasteiger partial charge on any atom is -0.481 e. The van der Waals surface area contributed by atoms with Gasteiger partial charge in [0.05, 0.1) is 32.7 Å². The van der Waals surface area contributed by atoms with Crippen molar-refractivity contribution in [2.45, 2.75) is 26.2 Å². The van der Waals surface area contributed by atoms with Gasteiger partial charge in [-0.1, -0.05) is 6.92 Å². The maximum absolute atomic E-state index is 10.7. The molecule has 17 heavy (non-hydrogen) atoms. The second kappa shape index (κ2) is 14.9. The van der Waals surface area contributed by atoms with E-state index in [2.05, 4.69) is 4.74 Å². The van der Waals surface area contributed by atoms with Crippen molar-refractivity contribution in [3.05, 3.63) is 0 Å². The van der Waals surface area contributed by atoms with Gasteiger partial charge < -0.3 is 19.3 Å². The fourth-order valence-corrected chi connectivity index (χ4v) is 0.663. The predicted octanol–water partition coefficient (Wildman–Crippen LogP) is 1.08. The van der Waals surface area contributed by atoms with E-state index >= 15 is 0 Å². The summed E-state index contributed by atoms with van der Waals surface area (Å²) in [6.45, 7) is 3.23. The summed E-state index contributed by atoms with van der Waals surface area (Å²) in [5.74, 6) is -0.995. The highest BCUT2D eigenvalue weighted by atomic mass is 16.5. The highest BCUT2D eigenvalue weighted by Crippen LogP contribution is 1.88. The molecular weight excluding hydrogens is 228 g/mol. The van der Waals surface area contributed by atoms with Crippen LogP contribution in [0.2, 0.25) is 0 Å². The Bertz CT molecular complexity index is 182. The molecule has 0 fully saturated rings. The molecule has 0 saturated heterocycles. The Balaban J connectivity index is 0. The van der Waals surface area contributed by atoms with E-state index in [1.165, 1.54) is 7.11 Å². The van der Waals surface area contributed by atoms with Gasteiger partial charge in [-0.25, -0.2) is 0 Å². The van der Waals surface area contributed by atoms with Crippen LogP contribution < -0.4 is 0 Å². The number of methoxy groups -OCH3 is 2. The molecule has 1 N–H and O–H groups in total. The average Bonchev–Trinajstić information content (AvgIpc) is 2.31. The molecule has 0 rings (SSSR count). The Kier molecular flexibility index (Phi) is 15.9. The van der Waals surface area contributed by atoms with Crippen molar-refractivity contribution in [3.8, 4) is 0 Å². The van der Waals surface area contributed by atoms with Crippen molar-refractivity contribution in [1.82, 2.24) is 0 Å². The normalized spacial score (nSPS) is 9.12. The van der Waals surface area contributed by atoms with E-state index in [0.29, 0.717) is 26.2 Å². The first kappa shape index (κ1) is 18.2. The van der Waals surface area contributed by atoms with Crippen LogP contribution in [0.25, 0.3) is 0 Å². The smallest absolute Gasteiger partial charge is 0.308 e. The highest BCUT2D eigenvalue weighted by Gasteiger charge is 1.99. The van der Waals surface area contributed by atoms with Crippen LogP contribution in [0.1, 0.15) is 26.2 Å². The SMILES string of the molecule is CCCOC(=O)CCOC.COCCC(=O)O. The van der Waals surface area contributed by atoms with Gasteiger partial charge in [-0.2, -0.15) is 0 Å². The van der Waals surface area contributed by atoms with Gasteiger partial charge in [0, 0.05) is 14.2 Å². The van der Waals surface area contributed by atoms with Crippen LogP contribution in [0.4, 0.5) is 0 Å². The fourth-order valence-electron chi connectivity index (χ4n) is 0.663. The largest absolute Gasteiger partial charge is 0.481 e. The first-order valence-electron chi connectivity index (χ1n) is 5.43. The zero-order valence-corrected chi connectivity index (χ0v) is 10.7. The number of ether oxygens (including phenoxy) is 3. The first-order chi connectivity index (χ1) is 8.08. The summed E-state index contributed by atoms with van der Waals surface area (Å²) in [5.41, 5.74) is 0. The number of carboxylic acids is 1. The van der Waals surface area contributed by atoms with Crippen LogP contribution >= 0.6 is 0 Å². The molecule has 0 saturated carbocycles. The van der Waals surface area contributed by atoms with Crippen molar-refractivity contribution in [1.29, 1.82) is 0 Å². The molecule has 0 spiro atoms. The summed E-state index contributed by atoms with van der Waals surface area (Å²) in [6.07, 6.45) is 1.33. The molecule has 0 aromatic carbocycles. The van der Waals surface area contributed by atoms with Crippen LogP contribution in [-0.4, -0.2) is 51.1 Å². The Hall–Kier alpha value is -1.14. The van der Waals surface area contributed by atoms with Crippen molar-refractivity contribution < 1.29 is 28.9 Å². The number of hydrogen-bond acceptors (Lipinski definition) is 5. The third kappa shape index (κ3) is 20.8. The van der Waals surface area contributed by atoms with Crippen LogP contribution in [0.3, 0.4) is 0 Å². The summed E-state index contributed by atoms with van der Waals surface area (Å²) in [7, 11) is 3.04. The van der Waals surface area contributed by atoms with E-state index in [9.17, 15) is 9.59 Å². The second-order valence-corrected chi connectivity index (χ2v) is 3.10. The molecule has 6 nitrogen and oxygen atoms in total. The van der Waals surface area contributed by atoms with Gasteiger partial charge in [0.1, 0.15) is 0 Å². The van der Waals surface area contributed by atoms with Crippen LogP contribution in [0.15, 0.2) is 0 Å². The van der Waals surface area contributed by atoms with Crippen LogP contribution in [0.5, 0.6) is 0 Å². The standard InChI is InChI=1S/C7H14O3.C4H8O3/c1-3-5-10-7(8)4-6-9-2;1-7-3-2-4(5)6/h3-6H2,1-2H3;2-3H2,1H3,(H,5,6). The van der Waals surface area contributed by atoms with Crippen molar-refractivity contribution in [3.63, 3.8) is 0 Å². The van der Waals surface area contributed by atoms with Crippen molar-refractivity contribution in [2.24, 2.45) is 0 Å². The molecule has 0 aromatic rings. The molecule has 0 unspecified atom stereocenters. The van der Waals surface area contributed by atoms with E-state index < -0.39 is 5.97 Å². The number of rotatable bonds is 8. The van der Waals surface area contributed by atoms with Crippen LogP contribution in [-0.2, 0) is 23.8 Å². The number of hydrogen-bond donors (Lipinski definition) is 1. The zero-order valence-electron chi connectivity index (χ0n) is 10.7. The molecule has 0 bridgehead atoms. The minimum atomic E-state index is -0.818. The number of carbonyl (C=O) groups is 2. The predicted molar refractivity (Wildman–Crippen MR) is 61.9 cm³/mol. The third-order valence-corrected chi connectivity index (χ3v) is 1.50. The van der Waals surface area contributed by atoms with Crippen molar-refractivity contribution >= 4 is 11.9 Å². The molecule has 0 atom stereocenters. The molecule has 0 aliphatic heterocycles. The Morgan fingerprint density at radius 2 is 1.53 bits per heavy atom. The maximum Gasteiger partial charge on any atom is 0.308 e. The molecule has 0 aliphatic carbocycles. The number of carboxylic acid groups (broad SMARTS) is 1. The Labute approximate surface area is 102 Å². The van der Waals surface area contributed by atoms with E-state index in [1.54, 1.807) is 7.11 Å². The van der Waals surface area contributed by atoms with E-state index in [0.717, 1.165) is 6.42 Å². The maximum atomic E-state index is 10.7. The fraction of sp³-hybridized carbons (Fsp3) is 0.818. The van der Waals surface area contributed by atoms with Gasteiger partial charge >= 0.3 is 11.9 Å². The lowest BCUT2D eigenvalue weighted by atomic mass is 10.4. The van der Waals surface area contributed by atoms with Crippen molar-refractivity contribution in [2.75, 3.05) is 34.0 Å². The topological polar surface area (TPSA) is 82.1 Å². The Morgan fingerprint density at radius 1 is 1.00 bits per heavy atom. The van der Waals surface area contributed by atoms with E-state index in [-0.39, 0.29) is 12.4 Å². The highest BCUT2D eigenvalue weighted by molar-refractivity contribution is 5.69. The molecule has 6 heteroatoms. The molecule has 0 radical (unpaired) electrons. The molecule has 0 heterocycles. The van der Waals surface area contributed by atoms with E-state index in [1.807, 2.05) is 6.92 Å². The zero-order chi connectivity index (χ0) is 13.5. The number of esters is 1. The van der Waals surface area contributed by atoms with Gasteiger partial charge in [0.25, 0.3) is 0 Å². The third-order valence-electron chi connectivity index (χ3n) is 1.50. The summed E-state index contributed by atoms with van der Waals surface area (Å²) >= 11 is 0. The first-order valence-corrected chi connectivity index (χ1v) is 5.43. The Morgan fingerprint density at radius 3 is 1.88 bits per heavy atom.